The number of hydrogen-bond acceptors (Lipinski definition) is 4. The van der Waals surface area contributed by atoms with Crippen molar-refractivity contribution in [2.45, 2.75) is 39.7 Å². The minimum Gasteiger partial charge on any atom is -0.367 e. The van der Waals surface area contributed by atoms with Crippen LogP contribution in [0.25, 0.3) is 0 Å². The Bertz CT molecular complexity index is 223. The summed E-state index contributed by atoms with van der Waals surface area (Å²) in [5.74, 6) is -0.153. The summed E-state index contributed by atoms with van der Waals surface area (Å²) >= 11 is 0. The van der Waals surface area contributed by atoms with Crippen molar-refractivity contribution in [3.63, 3.8) is 0 Å². The van der Waals surface area contributed by atoms with Gasteiger partial charge in [0.15, 0.2) is 0 Å². The highest BCUT2D eigenvalue weighted by Gasteiger charge is 2.28. The van der Waals surface area contributed by atoms with Crippen LogP contribution < -0.4 is 5.32 Å². The van der Waals surface area contributed by atoms with E-state index in [0.29, 0.717) is 6.04 Å². The van der Waals surface area contributed by atoms with Crippen LogP contribution in [0.4, 0.5) is 0 Å². The fourth-order valence-electron chi connectivity index (χ4n) is 1.52. The predicted octanol–water partition coefficient (Wildman–Crippen LogP) is 1.17. The van der Waals surface area contributed by atoms with E-state index in [4.69, 9.17) is 4.84 Å². The van der Waals surface area contributed by atoms with Crippen LogP contribution in [0, 0.1) is 5.41 Å². The van der Waals surface area contributed by atoms with Gasteiger partial charge in [0.05, 0.1) is 12.0 Å². The molecule has 1 N–H and O–H groups in total. The number of carbonyl (C=O) groups excluding carboxylic acids is 1. The van der Waals surface area contributed by atoms with Gasteiger partial charge in [0.2, 0.25) is 0 Å². The maximum Gasteiger partial charge on any atom is 0.330 e. The second-order valence-electron chi connectivity index (χ2n) is 5.14. The Morgan fingerprint density at radius 2 is 2.13 bits per heavy atom. The lowest BCUT2D eigenvalue weighted by atomic mass is 9.98. The quantitative estimate of drug-likeness (QED) is 0.749. The second-order valence-corrected chi connectivity index (χ2v) is 5.14. The molecule has 1 heterocycles. The summed E-state index contributed by atoms with van der Waals surface area (Å²) in [5, 5.41) is 4.99. The molecule has 1 rings (SSSR count). The zero-order valence-electron chi connectivity index (χ0n) is 10.2. The SMILES string of the molecule is CNC1CCCN(OC(=O)C(C)(C)C)C1. The number of likely N-dealkylation sites (N-methyl/N-ethyl adjacent to an activating group) is 1. The fraction of sp³-hybridized carbons (Fsp3) is 0.909. The number of carbonyl (C=O) groups is 1. The first-order valence-corrected chi connectivity index (χ1v) is 5.58. The van der Waals surface area contributed by atoms with Crippen LogP contribution >= 0.6 is 0 Å². The summed E-state index contributed by atoms with van der Waals surface area (Å²) in [4.78, 5) is 17.0. The molecule has 0 radical (unpaired) electrons. The van der Waals surface area contributed by atoms with Gasteiger partial charge in [-0.25, -0.2) is 4.79 Å². The zero-order valence-corrected chi connectivity index (χ0v) is 10.2. The van der Waals surface area contributed by atoms with Crippen LogP contribution in [0.5, 0.6) is 0 Å². The first-order valence-electron chi connectivity index (χ1n) is 5.58. The molecule has 1 aliphatic heterocycles. The maximum absolute atomic E-state index is 11.6. The molecule has 0 spiro atoms. The summed E-state index contributed by atoms with van der Waals surface area (Å²) in [6.07, 6.45) is 2.23. The molecule has 0 aliphatic carbocycles. The lowest BCUT2D eigenvalue weighted by Crippen LogP contribution is -2.46. The van der Waals surface area contributed by atoms with E-state index in [-0.39, 0.29) is 5.97 Å². The van der Waals surface area contributed by atoms with E-state index in [1.54, 1.807) is 5.06 Å². The molecule has 1 saturated heterocycles. The van der Waals surface area contributed by atoms with E-state index < -0.39 is 5.41 Å². The number of nitrogens with one attached hydrogen (secondary N) is 1. The van der Waals surface area contributed by atoms with Crippen molar-refractivity contribution in [3.05, 3.63) is 0 Å². The van der Waals surface area contributed by atoms with Crippen molar-refractivity contribution >= 4 is 5.97 Å². The van der Waals surface area contributed by atoms with Gasteiger partial charge in [0, 0.05) is 12.6 Å². The molecule has 0 saturated carbocycles. The van der Waals surface area contributed by atoms with E-state index in [9.17, 15) is 4.79 Å². The van der Waals surface area contributed by atoms with Crippen molar-refractivity contribution < 1.29 is 9.63 Å². The summed E-state index contributed by atoms with van der Waals surface area (Å²) in [7, 11) is 1.94. The highest BCUT2D eigenvalue weighted by atomic mass is 16.7. The minimum absolute atomic E-state index is 0.153. The standard InChI is InChI=1S/C11H22N2O2/c1-11(2,3)10(14)15-13-7-5-6-9(8-13)12-4/h9,12H,5-8H2,1-4H3. The van der Waals surface area contributed by atoms with E-state index in [0.717, 1.165) is 25.9 Å². The maximum atomic E-state index is 11.6. The normalized spacial score (nSPS) is 23.9. The van der Waals surface area contributed by atoms with Gasteiger partial charge in [-0.15, -0.1) is 5.06 Å². The van der Waals surface area contributed by atoms with Gasteiger partial charge in [-0.05, 0) is 40.7 Å². The van der Waals surface area contributed by atoms with E-state index >= 15 is 0 Å². The van der Waals surface area contributed by atoms with Crippen molar-refractivity contribution in [3.8, 4) is 0 Å². The third-order valence-electron chi connectivity index (χ3n) is 2.62. The van der Waals surface area contributed by atoms with Crippen molar-refractivity contribution in [1.82, 2.24) is 10.4 Å². The fourth-order valence-corrected chi connectivity index (χ4v) is 1.52. The first-order chi connectivity index (χ1) is 6.93. The summed E-state index contributed by atoms with van der Waals surface area (Å²) in [6, 6.07) is 0.437. The van der Waals surface area contributed by atoms with Crippen LogP contribution in [0.1, 0.15) is 33.6 Å². The van der Waals surface area contributed by atoms with Crippen LogP contribution in [0.3, 0.4) is 0 Å². The van der Waals surface area contributed by atoms with E-state index in [1.165, 1.54) is 0 Å². The number of nitrogens with zero attached hydrogens (tertiary/aromatic N) is 1. The summed E-state index contributed by atoms with van der Waals surface area (Å²) < 4.78 is 0. The monoisotopic (exact) mass is 214 g/mol. The van der Waals surface area contributed by atoms with Crippen LogP contribution in [-0.4, -0.2) is 37.2 Å². The Morgan fingerprint density at radius 1 is 1.47 bits per heavy atom. The topological polar surface area (TPSA) is 41.6 Å². The van der Waals surface area contributed by atoms with Gasteiger partial charge in [-0.1, -0.05) is 0 Å². The lowest BCUT2D eigenvalue weighted by Gasteiger charge is -2.32. The smallest absolute Gasteiger partial charge is 0.330 e. The zero-order chi connectivity index (χ0) is 11.5. The number of piperidine rings is 1. The molecule has 15 heavy (non-hydrogen) atoms. The molecule has 4 heteroatoms. The molecule has 1 unspecified atom stereocenters. The molecule has 1 aliphatic rings. The molecule has 0 aromatic rings. The average Bonchev–Trinajstić information content (AvgIpc) is 2.16. The third-order valence-corrected chi connectivity index (χ3v) is 2.62. The van der Waals surface area contributed by atoms with Crippen LogP contribution in [0.15, 0.2) is 0 Å². The summed E-state index contributed by atoms with van der Waals surface area (Å²) in [5.41, 5.74) is -0.424. The molecule has 1 fully saturated rings. The molecule has 0 bridgehead atoms. The van der Waals surface area contributed by atoms with Crippen LogP contribution in [-0.2, 0) is 9.63 Å². The molecule has 88 valence electrons. The molecule has 4 nitrogen and oxygen atoms in total. The van der Waals surface area contributed by atoms with Crippen molar-refractivity contribution in [2.24, 2.45) is 5.41 Å². The van der Waals surface area contributed by atoms with Crippen LogP contribution in [0.2, 0.25) is 0 Å². The number of hydrogen-bond donors (Lipinski definition) is 1. The van der Waals surface area contributed by atoms with Gasteiger partial charge in [-0.3, -0.25) is 0 Å². The lowest BCUT2D eigenvalue weighted by molar-refractivity contribution is -0.205. The highest BCUT2D eigenvalue weighted by Crippen LogP contribution is 2.18. The van der Waals surface area contributed by atoms with Gasteiger partial charge in [0.25, 0.3) is 0 Å². The van der Waals surface area contributed by atoms with E-state index in [2.05, 4.69) is 5.32 Å². The van der Waals surface area contributed by atoms with Gasteiger partial charge in [-0.2, -0.15) is 0 Å². The second kappa shape index (κ2) is 4.94. The Kier molecular flexibility index (Phi) is 4.11. The Balaban J connectivity index is 2.41. The molecular weight excluding hydrogens is 192 g/mol. The Labute approximate surface area is 91.9 Å². The highest BCUT2D eigenvalue weighted by molar-refractivity contribution is 5.75. The third kappa shape index (κ3) is 3.80. The predicted molar refractivity (Wildman–Crippen MR) is 59.2 cm³/mol. The molecule has 0 amide bonds. The molecular formula is C11H22N2O2. The largest absolute Gasteiger partial charge is 0.367 e. The van der Waals surface area contributed by atoms with E-state index in [1.807, 2.05) is 27.8 Å². The number of hydroxylamine groups is 2. The molecule has 0 aromatic heterocycles. The Hall–Kier alpha value is -0.610. The van der Waals surface area contributed by atoms with Crippen molar-refractivity contribution in [2.75, 3.05) is 20.1 Å². The average molecular weight is 214 g/mol. The molecule has 0 aromatic carbocycles. The molecule has 1 atom stereocenters. The Morgan fingerprint density at radius 3 is 2.67 bits per heavy atom. The van der Waals surface area contributed by atoms with Gasteiger partial charge < -0.3 is 10.2 Å². The van der Waals surface area contributed by atoms with Crippen molar-refractivity contribution in [1.29, 1.82) is 0 Å². The summed E-state index contributed by atoms with van der Waals surface area (Å²) in [6.45, 7) is 7.25. The minimum atomic E-state index is -0.424. The first kappa shape index (κ1) is 12.5. The number of rotatable bonds is 2. The van der Waals surface area contributed by atoms with Gasteiger partial charge >= 0.3 is 5.97 Å². The van der Waals surface area contributed by atoms with Gasteiger partial charge in [0.1, 0.15) is 0 Å².